The average Bonchev–Trinajstić information content (AvgIpc) is 3.19. The lowest BCUT2D eigenvalue weighted by Gasteiger charge is -2.29. The number of aryl methyl sites for hydroxylation is 1. The number of sulfonamides is 1. The lowest BCUT2D eigenvalue weighted by Crippen LogP contribution is -2.45. The standard InChI is InChI=1S/C21H30N2O5S/c1-15-9-11-17(12-10-15)29(26,27)23-13-5-8-19(23)21(25)28-14-20(24)22-18-7-4-3-6-16(18)2/h9-12,16,18-19H,3-8,13-14H2,1-2H3,(H,22,24)/t16-,18-,19-/m0/s1. The summed E-state index contributed by atoms with van der Waals surface area (Å²) in [6.07, 6.45) is 5.25. The largest absolute Gasteiger partial charge is 0.454 e. The van der Waals surface area contributed by atoms with Gasteiger partial charge in [0, 0.05) is 12.6 Å². The molecule has 0 spiro atoms. The van der Waals surface area contributed by atoms with E-state index in [1.54, 1.807) is 24.3 Å². The van der Waals surface area contributed by atoms with Crippen LogP contribution in [0.1, 0.15) is 51.0 Å². The molecule has 2 fully saturated rings. The fourth-order valence-electron chi connectivity index (χ4n) is 4.12. The van der Waals surface area contributed by atoms with Gasteiger partial charge in [0.1, 0.15) is 6.04 Å². The van der Waals surface area contributed by atoms with E-state index in [0.717, 1.165) is 24.8 Å². The molecule has 1 N–H and O–H groups in total. The van der Waals surface area contributed by atoms with Crippen LogP contribution < -0.4 is 5.32 Å². The second kappa shape index (κ2) is 9.26. The van der Waals surface area contributed by atoms with Crippen LogP contribution in [0, 0.1) is 12.8 Å². The topological polar surface area (TPSA) is 92.8 Å². The number of carbonyl (C=O) groups excluding carboxylic acids is 2. The highest BCUT2D eigenvalue weighted by molar-refractivity contribution is 7.89. The second-order valence-electron chi connectivity index (χ2n) is 8.13. The smallest absolute Gasteiger partial charge is 0.324 e. The fourth-order valence-corrected chi connectivity index (χ4v) is 5.77. The zero-order valence-electron chi connectivity index (χ0n) is 17.1. The van der Waals surface area contributed by atoms with Gasteiger partial charge in [-0.1, -0.05) is 37.5 Å². The van der Waals surface area contributed by atoms with Crippen molar-refractivity contribution in [2.24, 2.45) is 5.92 Å². The maximum Gasteiger partial charge on any atom is 0.324 e. The van der Waals surface area contributed by atoms with Gasteiger partial charge in [-0.05, 0) is 50.7 Å². The minimum atomic E-state index is -3.79. The summed E-state index contributed by atoms with van der Waals surface area (Å²) in [5, 5.41) is 2.94. The van der Waals surface area contributed by atoms with Gasteiger partial charge >= 0.3 is 5.97 Å². The Kier molecular flexibility index (Phi) is 6.95. The number of nitrogens with one attached hydrogen (secondary N) is 1. The summed E-state index contributed by atoms with van der Waals surface area (Å²) in [5.74, 6) is -0.582. The highest BCUT2D eigenvalue weighted by atomic mass is 32.2. The summed E-state index contributed by atoms with van der Waals surface area (Å²) in [6.45, 7) is 3.88. The molecule has 0 aromatic heterocycles. The Morgan fingerprint density at radius 1 is 1.10 bits per heavy atom. The number of amides is 1. The molecule has 7 nitrogen and oxygen atoms in total. The van der Waals surface area contributed by atoms with Crippen LogP contribution in [0.25, 0.3) is 0 Å². The lowest BCUT2D eigenvalue weighted by molar-refractivity contribution is -0.152. The third kappa shape index (κ3) is 5.17. The summed E-state index contributed by atoms with van der Waals surface area (Å²) >= 11 is 0. The Hall–Kier alpha value is -1.93. The van der Waals surface area contributed by atoms with E-state index >= 15 is 0 Å². The fraction of sp³-hybridized carbons (Fsp3) is 0.619. The molecule has 0 radical (unpaired) electrons. The minimum Gasteiger partial charge on any atom is -0.454 e. The van der Waals surface area contributed by atoms with E-state index in [-0.39, 0.29) is 30.0 Å². The predicted octanol–water partition coefficient (Wildman–Crippen LogP) is 2.39. The van der Waals surface area contributed by atoms with Gasteiger partial charge in [-0.15, -0.1) is 0 Å². The number of esters is 1. The van der Waals surface area contributed by atoms with Gasteiger partial charge < -0.3 is 10.1 Å². The van der Waals surface area contributed by atoms with Crippen LogP contribution in [0.4, 0.5) is 0 Å². The normalized spacial score (nSPS) is 25.5. The first kappa shape index (κ1) is 21.8. The van der Waals surface area contributed by atoms with Crippen molar-refractivity contribution in [1.29, 1.82) is 0 Å². The van der Waals surface area contributed by atoms with E-state index in [4.69, 9.17) is 4.74 Å². The Bertz CT molecular complexity index is 837. The van der Waals surface area contributed by atoms with E-state index in [9.17, 15) is 18.0 Å². The van der Waals surface area contributed by atoms with Crippen LogP contribution in [0.2, 0.25) is 0 Å². The SMILES string of the molecule is Cc1ccc(S(=O)(=O)N2CCC[C@H]2C(=O)OCC(=O)N[C@H]2CCCC[C@@H]2C)cc1. The van der Waals surface area contributed by atoms with Crippen molar-refractivity contribution < 1.29 is 22.7 Å². The third-order valence-corrected chi connectivity index (χ3v) is 7.83. The number of rotatable bonds is 6. The van der Waals surface area contributed by atoms with E-state index in [1.807, 2.05) is 6.92 Å². The van der Waals surface area contributed by atoms with E-state index < -0.39 is 22.0 Å². The molecular formula is C21H30N2O5S. The van der Waals surface area contributed by atoms with Crippen molar-refractivity contribution in [2.75, 3.05) is 13.2 Å². The van der Waals surface area contributed by atoms with Crippen LogP contribution in [-0.4, -0.2) is 49.8 Å². The number of carbonyl (C=O) groups is 2. The molecule has 0 unspecified atom stereocenters. The molecule has 2 aliphatic rings. The third-order valence-electron chi connectivity index (χ3n) is 5.91. The van der Waals surface area contributed by atoms with Gasteiger partial charge in [0.05, 0.1) is 4.90 Å². The van der Waals surface area contributed by atoms with Crippen molar-refractivity contribution in [3.05, 3.63) is 29.8 Å². The predicted molar refractivity (Wildman–Crippen MR) is 109 cm³/mol. The zero-order valence-corrected chi connectivity index (χ0v) is 17.9. The Labute approximate surface area is 172 Å². The van der Waals surface area contributed by atoms with Crippen LogP contribution in [0.15, 0.2) is 29.2 Å². The lowest BCUT2D eigenvalue weighted by atomic mass is 9.86. The molecule has 1 aromatic carbocycles. The summed E-state index contributed by atoms with van der Waals surface area (Å²) in [7, 11) is -3.79. The van der Waals surface area contributed by atoms with Gasteiger partial charge in [0.2, 0.25) is 10.0 Å². The first-order valence-electron chi connectivity index (χ1n) is 10.3. The second-order valence-corrected chi connectivity index (χ2v) is 10.0. The number of ether oxygens (including phenoxy) is 1. The van der Waals surface area contributed by atoms with Gasteiger partial charge in [0.25, 0.3) is 5.91 Å². The van der Waals surface area contributed by atoms with Crippen LogP contribution in [0.5, 0.6) is 0 Å². The van der Waals surface area contributed by atoms with Crippen LogP contribution >= 0.6 is 0 Å². The van der Waals surface area contributed by atoms with Gasteiger partial charge in [-0.3, -0.25) is 9.59 Å². The molecule has 29 heavy (non-hydrogen) atoms. The Balaban J connectivity index is 1.58. The average molecular weight is 423 g/mol. The number of hydrogen-bond donors (Lipinski definition) is 1. The highest BCUT2D eigenvalue weighted by Crippen LogP contribution is 2.27. The van der Waals surface area contributed by atoms with E-state index in [1.165, 1.54) is 10.7 Å². The molecule has 1 aliphatic heterocycles. The van der Waals surface area contributed by atoms with Crippen molar-refractivity contribution in [3.63, 3.8) is 0 Å². The van der Waals surface area contributed by atoms with Crippen molar-refractivity contribution >= 4 is 21.9 Å². The molecule has 1 amide bonds. The zero-order chi connectivity index (χ0) is 21.0. The molecule has 1 saturated carbocycles. The van der Waals surface area contributed by atoms with Crippen molar-refractivity contribution in [3.8, 4) is 0 Å². The molecule has 8 heteroatoms. The molecule has 1 saturated heterocycles. The molecule has 160 valence electrons. The van der Waals surface area contributed by atoms with E-state index in [0.29, 0.717) is 18.8 Å². The summed E-state index contributed by atoms with van der Waals surface area (Å²) < 4.78 is 32.3. The number of nitrogens with zero attached hydrogens (tertiary/aromatic N) is 1. The van der Waals surface area contributed by atoms with E-state index in [2.05, 4.69) is 12.2 Å². The van der Waals surface area contributed by atoms with Crippen molar-refractivity contribution in [1.82, 2.24) is 9.62 Å². The maximum absolute atomic E-state index is 12.9. The number of hydrogen-bond acceptors (Lipinski definition) is 5. The van der Waals surface area contributed by atoms with Gasteiger partial charge in [-0.25, -0.2) is 8.42 Å². The molecule has 1 aromatic rings. The summed E-state index contributed by atoms with van der Waals surface area (Å²) in [4.78, 5) is 24.9. The van der Waals surface area contributed by atoms with Gasteiger partial charge in [-0.2, -0.15) is 4.31 Å². The Morgan fingerprint density at radius 3 is 2.48 bits per heavy atom. The molecular weight excluding hydrogens is 392 g/mol. The van der Waals surface area contributed by atoms with Crippen molar-refractivity contribution in [2.45, 2.75) is 69.4 Å². The molecule has 3 atom stereocenters. The Morgan fingerprint density at radius 2 is 1.79 bits per heavy atom. The number of benzene rings is 1. The maximum atomic E-state index is 12.9. The molecule has 0 bridgehead atoms. The molecule has 3 rings (SSSR count). The van der Waals surface area contributed by atoms with Crippen LogP contribution in [-0.2, 0) is 24.3 Å². The van der Waals surface area contributed by atoms with Crippen LogP contribution in [0.3, 0.4) is 0 Å². The first-order valence-corrected chi connectivity index (χ1v) is 11.8. The quantitative estimate of drug-likeness (QED) is 0.711. The first-order chi connectivity index (χ1) is 13.8. The summed E-state index contributed by atoms with van der Waals surface area (Å²) in [5.41, 5.74) is 0.958. The molecule has 1 heterocycles. The van der Waals surface area contributed by atoms with Gasteiger partial charge in [0.15, 0.2) is 6.61 Å². The summed E-state index contributed by atoms with van der Waals surface area (Å²) in [6, 6.07) is 5.77. The highest BCUT2D eigenvalue weighted by Gasteiger charge is 2.40. The minimum absolute atomic E-state index is 0.111. The molecule has 1 aliphatic carbocycles. The monoisotopic (exact) mass is 422 g/mol.